The van der Waals surface area contributed by atoms with Crippen LogP contribution in [0.15, 0.2) is 42.7 Å². The summed E-state index contributed by atoms with van der Waals surface area (Å²) in [7, 11) is 1.68. The first kappa shape index (κ1) is 8.47. The largest absolute Gasteiger partial charge is 0.634 e. The van der Waals surface area contributed by atoms with E-state index in [0.29, 0.717) is 0 Å². The maximum absolute atomic E-state index is 5.67. The summed E-state index contributed by atoms with van der Waals surface area (Å²) in [5.74, 6) is 1.62. The zero-order valence-corrected chi connectivity index (χ0v) is 8.38. The lowest BCUT2D eigenvalue weighted by molar-refractivity contribution is 0.518. The molecule has 4 heteroatoms. The number of nitrogens with zero attached hydrogens (tertiary/aromatic N) is 1. The van der Waals surface area contributed by atoms with Gasteiger partial charge in [-0.05, 0) is 18.2 Å². The van der Waals surface area contributed by atoms with Crippen molar-refractivity contribution in [1.82, 2.24) is 4.57 Å². The molecule has 0 spiro atoms. The van der Waals surface area contributed by atoms with Gasteiger partial charge < -0.3 is 13.9 Å². The van der Waals surface area contributed by atoms with Gasteiger partial charge in [-0.15, -0.1) is 0 Å². The second-order valence-corrected chi connectivity index (χ2v) is 3.62. The number of hydrogen-bond donors (Lipinski definition) is 0. The maximum Gasteiger partial charge on any atom is 0.634 e. The number of aromatic nitrogens is 1. The molecule has 0 atom stereocenters. The zero-order valence-electron chi connectivity index (χ0n) is 8.38. The summed E-state index contributed by atoms with van der Waals surface area (Å²) in [5, 5.41) is 0. The minimum absolute atomic E-state index is 0.302. The number of rotatable bonds is 1. The Balaban J connectivity index is 1.90. The Morgan fingerprint density at radius 2 is 1.73 bits per heavy atom. The molecular formula is C11H10BNO2. The maximum atomic E-state index is 5.67. The van der Waals surface area contributed by atoms with Gasteiger partial charge in [0.25, 0.3) is 0 Å². The van der Waals surface area contributed by atoms with Crippen molar-refractivity contribution in [2.24, 2.45) is 7.05 Å². The van der Waals surface area contributed by atoms with Crippen molar-refractivity contribution < 1.29 is 9.31 Å². The molecule has 2 aromatic rings. The minimum atomic E-state index is -0.302. The van der Waals surface area contributed by atoms with Gasteiger partial charge in [-0.2, -0.15) is 0 Å². The normalized spacial score (nSPS) is 13.3. The first-order valence-electron chi connectivity index (χ1n) is 4.87. The van der Waals surface area contributed by atoms with Crippen LogP contribution in [0, 0.1) is 0 Å². The van der Waals surface area contributed by atoms with E-state index in [1.165, 1.54) is 0 Å². The third kappa shape index (κ3) is 1.38. The molecule has 74 valence electrons. The Kier molecular flexibility index (Phi) is 1.74. The Morgan fingerprint density at radius 3 is 2.27 bits per heavy atom. The summed E-state index contributed by atoms with van der Waals surface area (Å²) in [4.78, 5) is 0. The fourth-order valence-corrected chi connectivity index (χ4v) is 1.70. The Bertz CT molecular complexity index is 470. The highest BCUT2D eigenvalue weighted by Gasteiger charge is 2.34. The third-order valence-corrected chi connectivity index (χ3v) is 2.44. The van der Waals surface area contributed by atoms with Crippen molar-refractivity contribution in [3.05, 3.63) is 42.7 Å². The molecule has 0 fully saturated rings. The number of fused-ring (bicyclic) bond motifs is 1. The lowest BCUT2D eigenvalue weighted by Gasteiger charge is -2.00. The van der Waals surface area contributed by atoms with E-state index in [2.05, 4.69) is 0 Å². The molecule has 3 rings (SSSR count). The quantitative estimate of drug-likeness (QED) is 0.644. The van der Waals surface area contributed by atoms with Gasteiger partial charge in [-0.1, -0.05) is 12.1 Å². The second kappa shape index (κ2) is 3.09. The van der Waals surface area contributed by atoms with Crippen molar-refractivity contribution >= 4 is 12.6 Å². The molecule has 0 unspecified atom stereocenters. The molecule has 0 N–H and O–H groups in total. The first-order valence-corrected chi connectivity index (χ1v) is 4.87. The summed E-state index contributed by atoms with van der Waals surface area (Å²) >= 11 is 0. The van der Waals surface area contributed by atoms with E-state index in [1.54, 1.807) is 0 Å². The van der Waals surface area contributed by atoms with Crippen molar-refractivity contribution in [2.45, 2.75) is 0 Å². The molecule has 1 aliphatic heterocycles. The van der Waals surface area contributed by atoms with E-state index in [-0.39, 0.29) is 7.12 Å². The van der Waals surface area contributed by atoms with Gasteiger partial charge in [0, 0.05) is 24.9 Å². The van der Waals surface area contributed by atoms with E-state index in [1.807, 2.05) is 54.3 Å². The number of aryl methyl sites for hydroxylation is 1. The van der Waals surface area contributed by atoms with E-state index in [9.17, 15) is 0 Å². The molecule has 1 aliphatic rings. The molecule has 0 radical (unpaired) electrons. The summed E-state index contributed by atoms with van der Waals surface area (Å²) < 4.78 is 13.3. The van der Waals surface area contributed by atoms with Crippen LogP contribution in [0.1, 0.15) is 0 Å². The van der Waals surface area contributed by atoms with Crippen LogP contribution in [0.3, 0.4) is 0 Å². The Labute approximate surface area is 88.4 Å². The molecule has 3 nitrogen and oxygen atoms in total. The average molecular weight is 199 g/mol. The van der Waals surface area contributed by atoms with Crippen molar-refractivity contribution in [3.8, 4) is 11.5 Å². The van der Waals surface area contributed by atoms with Crippen molar-refractivity contribution in [3.63, 3.8) is 0 Å². The zero-order chi connectivity index (χ0) is 10.3. The average Bonchev–Trinajstić information content (AvgIpc) is 2.82. The molecule has 15 heavy (non-hydrogen) atoms. The summed E-state index contributed by atoms with van der Waals surface area (Å²) in [6.07, 6.45) is 3.97. The van der Waals surface area contributed by atoms with Crippen LogP contribution in [0.25, 0.3) is 0 Å². The number of para-hydroxylation sites is 2. The fraction of sp³-hybridized carbons (Fsp3) is 0.0909. The molecule has 0 saturated carbocycles. The van der Waals surface area contributed by atoms with E-state index in [0.717, 1.165) is 17.0 Å². The third-order valence-electron chi connectivity index (χ3n) is 2.44. The SMILES string of the molecule is Cn1ccc(B2Oc3ccccc3O2)c1. The number of benzene rings is 1. The predicted octanol–water partition coefficient (Wildman–Crippen LogP) is 1.19. The van der Waals surface area contributed by atoms with Crippen LogP contribution in [-0.2, 0) is 7.05 Å². The highest BCUT2D eigenvalue weighted by molar-refractivity contribution is 6.63. The van der Waals surface area contributed by atoms with Gasteiger partial charge in [-0.3, -0.25) is 0 Å². The molecule has 0 saturated heterocycles. The van der Waals surface area contributed by atoms with Gasteiger partial charge in [0.15, 0.2) is 0 Å². The van der Waals surface area contributed by atoms with Crippen molar-refractivity contribution in [2.75, 3.05) is 0 Å². The van der Waals surface area contributed by atoms with E-state index in [4.69, 9.17) is 9.31 Å². The van der Waals surface area contributed by atoms with Crippen LogP contribution in [-0.4, -0.2) is 11.7 Å². The Hall–Kier alpha value is -1.84. The minimum Gasteiger partial charge on any atom is -0.519 e. The second-order valence-electron chi connectivity index (χ2n) is 3.62. The topological polar surface area (TPSA) is 23.4 Å². The van der Waals surface area contributed by atoms with E-state index < -0.39 is 0 Å². The first-order chi connectivity index (χ1) is 7.33. The molecular weight excluding hydrogens is 189 g/mol. The lowest BCUT2D eigenvalue weighted by Crippen LogP contribution is -2.38. The lowest BCUT2D eigenvalue weighted by atomic mass is 9.82. The highest BCUT2D eigenvalue weighted by Crippen LogP contribution is 2.32. The van der Waals surface area contributed by atoms with Crippen LogP contribution >= 0.6 is 0 Å². The van der Waals surface area contributed by atoms with Gasteiger partial charge in [-0.25, -0.2) is 0 Å². The van der Waals surface area contributed by atoms with Crippen molar-refractivity contribution in [1.29, 1.82) is 0 Å². The Morgan fingerprint density at radius 1 is 1.07 bits per heavy atom. The van der Waals surface area contributed by atoms with Gasteiger partial charge in [0.2, 0.25) is 0 Å². The number of hydrogen-bond acceptors (Lipinski definition) is 2. The van der Waals surface area contributed by atoms with Crippen LogP contribution in [0.2, 0.25) is 0 Å². The summed E-state index contributed by atoms with van der Waals surface area (Å²) in [6.45, 7) is 0. The summed E-state index contributed by atoms with van der Waals surface area (Å²) in [6, 6.07) is 9.71. The van der Waals surface area contributed by atoms with Crippen LogP contribution < -0.4 is 14.8 Å². The van der Waals surface area contributed by atoms with Crippen LogP contribution in [0.4, 0.5) is 0 Å². The molecule has 0 aliphatic carbocycles. The molecule has 0 amide bonds. The van der Waals surface area contributed by atoms with Gasteiger partial charge >= 0.3 is 7.12 Å². The molecule has 1 aromatic carbocycles. The van der Waals surface area contributed by atoms with Crippen LogP contribution in [0.5, 0.6) is 11.5 Å². The molecule has 1 aromatic heterocycles. The standard InChI is InChI=1S/C11H10BNO2/c1-13-7-6-9(8-13)12-14-10-4-2-3-5-11(10)15-12/h2-8H,1H3. The fourth-order valence-electron chi connectivity index (χ4n) is 1.70. The highest BCUT2D eigenvalue weighted by atomic mass is 16.6. The molecule has 0 bridgehead atoms. The smallest absolute Gasteiger partial charge is 0.519 e. The van der Waals surface area contributed by atoms with Gasteiger partial charge in [0.05, 0.1) is 0 Å². The predicted molar refractivity (Wildman–Crippen MR) is 58.5 cm³/mol. The monoisotopic (exact) mass is 199 g/mol. The van der Waals surface area contributed by atoms with Gasteiger partial charge in [0.1, 0.15) is 11.5 Å². The summed E-state index contributed by atoms with van der Waals surface area (Å²) in [5.41, 5.74) is 1.04. The molecule has 2 heterocycles. The van der Waals surface area contributed by atoms with E-state index >= 15 is 0 Å².